The Hall–Kier alpha value is -2.29. The highest BCUT2D eigenvalue weighted by atomic mass is 16.5. The Morgan fingerprint density at radius 1 is 1.15 bits per heavy atom. The first kappa shape index (κ1) is 12.7. The number of nitrogens with one attached hydrogen (secondary N) is 1. The first-order valence-electron chi connectivity index (χ1n) is 6.74. The average molecular weight is 267 g/mol. The minimum atomic E-state index is -0.436. The molecule has 0 bridgehead atoms. The van der Waals surface area contributed by atoms with E-state index in [0.717, 1.165) is 17.0 Å². The van der Waals surface area contributed by atoms with Gasteiger partial charge in [0.15, 0.2) is 6.10 Å². The van der Waals surface area contributed by atoms with Crippen LogP contribution < -0.4 is 10.1 Å². The van der Waals surface area contributed by atoms with Gasteiger partial charge in [-0.15, -0.1) is 0 Å². The maximum atomic E-state index is 11.7. The number of fused-ring (bicyclic) bond motifs is 1. The molecule has 0 saturated carbocycles. The zero-order chi connectivity index (χ0) is 14.3. The third-order valence-corrected chi connectivity index (χ3v) is 3.83. The molecule has 1 aliphatic rings. The molecule has 3 nitrogen and oxygen atoms in total. The number of carbonyl (C=O) groups excluding carboxylic acids is 1. The predicted octanol–water partition coefficient (Wildman–Crippen LogP) is 3.69. The molecule has 2 aromatic carbocycles. The molecule has 20 heavy (non-hydrogen) atoms. The monoisotopic (exact) mass is 267 g/mol. The predicted molar refractivity (Wildman–Crippen MR) is 80.1 cm³/mol. The lowest BCUT2D eigenvalue weighted by atomic mass is 9.96. The van der Waals surface area contributed by atoms with Crippen molar-refractivity contribution in [2.75, 3.05) is 5.32 Å². The number of benzene rings is 2. The number of hydrogen-bond donors (Lipinski definition) is 1. The van der Waals surface area contributed by atoms with E-state index in [4.69, 9.17) is 4.74 Å². The normalized spacial score (nSPS) is 17.1. The smallest absolute Gasteiger partial charge is 0.265 e. The largest absolute Gasteiger partial charge is 0.479 e. The molecule has 1 heterocycles. The summed E-state index contributed by atoms with van der Waals surface area (Å²) < 4.78 is 5.58. The summed E-state index contributed by atoms with van der Waals surface area (Å²) in [4.78, 5) is 11.7. The van der Waals surface area contributed by atoms with Crippen molar-refractivity contribution >= 4 is 11.6 Å². The molecule has 1 atom stereocenters. The number of ether oxygens (including phenoxy) is 1. The van der Waals surface area contributed by atoms with Crippen LogP contribution in [-0.2, 0) is 4.79 Å². The van der Waals surface area contributed by atoms with E-state index in [1.807, 2.05) is 24.3 Å². The Balaban J connectivity index is 2.07. The van der Waals surface area contributed by atoms with Gasteiger partial charge in [-0.3, -0.25) is 4.79 Å². The summed E-state index contributed by atoms with van der Waals surface area (Å²) in [6.07, 6.45) is -0.436. The molecule has 0 radical (unpaired) electrons. The Morgan fingerprint density at radius 2 is 1.95 bits per heavy atom. The summed E-state index contributed by atoms with van der Waals surface area (Å²) in [5, 5.41) is 2.89. The maximum absolute atomic E-state index is 11.7. The van der Waals surface area contributed by atoms with Crippen molar-refractivity contribution in [3.8, 4) is 16.9 Å². The van der Waals surface area contributed by atoms with Crippen molar-refractivity contribution in [1.82, 2.24) is 0 Å². The van der Waals surface area contributed by atoms with Crippen LogP contribution in [0, 0.1) is 13.8 Å². The summed E-state index contributed by atoms with van der Waals surface area (Å²) >= 11 is 0. The quantitative estimate of drug-likeness (QED) is 0.855. The van der Waals surface area contributed by atoms with Crippen molar-refractivity contribution in [3.05, 3.63) is 47.5 Å². The number of carbonyl (C=O) groups is 1. The minimum absolute atomic E-state index is 0.101. The lowest BCUT2D eigenvalue weighted by molar-refractivity contribution is -0.122. The van der Waals surface area contributed by atoms with Crippen LogP contribution >= 0.6 is 0 Å². The van der Waals surface area contributed by atoms with Crippen molar-refractivity contribution in [2.24, 2.45) is 0 Å². The molecule has 1 amide bonds. The molecule has 0 saturated heterocycles. The van der Waals surface area contributed by atoms with E-state index in [9.17, 15) is 4.79 Å². The minimum Gasteiger partial charge on any atom is -0.479 e. The summed E-state index contributed by atoms with van der Waals surface area (Å²) in [5.41, 5.74) is 5.52. The summed E-state index contributed by atoms with van der Waals surface area (Å²) in [7, 11) is 0. The van der Waals surface area contributed by atoms with Crippen LogP contribution in [0.1, 0.15) is 18.1 Å². The third kappa shape index (κ3) is 2.05. The fourth-order valence-electron chi connectivity index (χ4n) is 2.44. The van der Waals surface area contributed by atoms with E-state index in [0.29, 0.717) is 0 Å². The molecule has 1 N–H and O–H groups in total. The lowest BCUT2D eigenvalue weighted by Crippen LogP contribution is -2.34. The molecule has 0 aromatic heterocycles. The average Bonchev–Trinajstić information content (AvgIpc) is 2.43. The first-order chi connectivity index (χ1) is 9.56. The van der Waals surface area contributed by atoms with E-state index in [2.05, 4.69) is 31.3 Å². The second kappa shape index (κ2) is 4.67. The van der Waals surface area contributed by atoms with Gasteiger partial charge < -0.3 is 10.1 Å². The molecular weight excluding hydrogens is 250 g/mol. The fraction of sp³-hybridized carbons (Fsp3) is 0.235. The maximum Gasteiger partial charge on any atom is 0.265 e. The van der Waals surface area contributed by atoms with Crippen LogP contribution in [0.15, 0.2) is 36.4 Å². The SMILES string of the molecule is Cc1cccc(-c2ccc3c(c2)NC(=O)C(C)O3)c1C. The summed E-state index contributed by atoms with van der Waals surface area (Å²) in [6.45, 7) is 5.96. The second-order valence-corrected chi connectivity index (χ2v) is 5.21. The lowest BCUT2D eigenvalue weighted by Gasteiger charge is -2.24. The number of anilines is 1. The Kier molecular flexibility index (Phi) is 2.97. The molecule has 2 aromatic rings. The summed E-state index contributed by atoms with van der Waals surface area (Å²) in [6, 6.07) is 12.2. The van der Waals surface area contributed by atoms with Gasteiger partial charge in [-0.05, 0) is 55.2 Å². The molecule has 0 fully saturated rings. The van der Waals surface area contributed by atoms with E-state index in [-0.39, 0.29) is 5.91 Å². The van der Waals surface area contributed by atoms with Crippen LogP contribution in [0.4, 0.5) is 5.69 Å². The highest BCUT2D eigenvalue weighted by Gasteiger charge is 2.23. The van der Waals surface area contributed by atoms with Crippen LogP contribution in [0.5, 0.6) is 5.75 Å². The molecular formula is C17H17NO2. The van der Waals surface area contributed by atoms with Gasteiger partial charge in [0.25, 0.3) is 5.91 Å². The highest BCUT2D eigenvalue weighted by molar-refractivity contribution is 5.98. The fourth-order valence-corrected chi connectivity index (χ4v) is 2.44. The second-order valence-electron chi connectivity index (χ2n) is 5.21. The van der Waals surface area contributed by atoms with Gasteiger partial charge in [0.1, 0.15) is 5.75 Å². The van der Waals surface area contributed by atoms with E-state index >= 15 is 0 Å². The molecule has 3 heteroatoms. The molecule has 3 rings (SSSR count). The van der Waals surface area contributed by atoms with Gasteiger partial charge in [-0.2, -0.15) is 0 Å². The molecule has 1 aliphatic heterocycles. The molecule has 0 aliphatic carbocycles. The number of hydrogen-bond acceptors (Lipinski definition) is 2. The van der Waals surface area contributed by atoms with Gasteiger partial charge >= 0.3 is 0 Å². The van der Waals surface area contributed by atoms with E-state index in [1.54, 1.807) is 6.92 Å². The zero-order valence-electron chi connectivity index (χ0n) is 11.9. The highest BCUT2D eigenvalue weighted by Crippen LogP contribution is 2.35. The number of rotatable bonds is 1. The molecule has 0 spiro atoms. The van der Waals surface area contributed by atoms with E-state index in [1.165, 1.54) is 16.7 Å². The van der Waals surface area contributed by atoms with Crippen molar-refractivity contribution < 1.29 is 9.53 Å². The van der Waals surface area contributed by atoms with Crippen LogP contribution in [0.25, 0.3) is 11.1 Å². The van der Waals surface area contributed by atoms with Crippen molar-refractivity contribution in [2.45, 2.75) is 26.9 Å². The van der Waals surface area contributed by atoms with Crippen LogP contribution in [-0.4, -0.2) is 12.0 Å². The van der Waals surface area contributed by atoms with Crippen LogP contribution in [0.2, 0.25) is 0 Å². The molecule has 102 valence electrons. The standard InChI is InChI=1S/C17H17NO2/c1-10-5-4-6-14(11(10)2)13-7-8-16-15(9-13)18-17(19)12(3)20-16/h4-9,12H,1-3H3,(H,18,19). The van der Waals surface area contributed by atoms with Crippen molar-refractivity contribution in [3.63, 3.8) is 0 Å². The Morgan fingerprint density at radius 3 is 2.75 bits per heavy atom. The van der Waals surface area contributed by atoms with Gasteiger partial charge in [-0.1, -0.05) is 24.3 Å². The van der Waals surface area contributed by atoms with Crippen molar-refractivity contribution in [1.29, 1.82) is 0 Å². The van der Waals surface area contributed by atoms with Gasteiger partial charge in [0, 0.05) is 0 Å². The number of aryl methyl sites for hydroxylation is 1. The molecule has 1 unspecified atom stereocenters. The van der Waals surface area contributed by atoms with E-state index < -0.39 is 6.10 Å². The van der Waals surface area contributed by atoms with Gasteiger partial charge in [0.05, 0.1) is 5.69 Å². The Labute approximate surface area is 118 Å². The first-order valence-corrected chi connectivity index (χ1v) is 6.74. The Bertz CT molecular complexity index is 691. The topological polar surface area (TPSA) is 38.3 Å². The summed E-state index contributed by atoms with van der Waals surface area (Å²) in [5.74, 6) is 0.627. The third-order valence-electron chi connectivity index (χ3n) is 3.83. The van der Waals surface area contributed by atoms with Gasteiger partial charge in [-0.25, -0.2) is 0 Å². The van der Waals surface area contributed by atoms with Gasteiger partial charge in [0.2, 0.25) is 0 Å². The number of amides is 1. The zero-order valence-corrected chi connectivity index (χ0v) is 11.9. The van der Waals surface area contributed by atoms with Crippen LogP contribution in [0.3, 0.4) is 0 Å².